The fourth-order valence-corrected chi connectivity index (χ4v) is 6.11. The summed E-state index contributed by atoms with van der Waals surface area (Å²) in [6, 6.07) is 9.07. The Bertz CT molecular complexity index is 1100. The van der Waals surface area contributed by atoms with Gasteiger partial charge in [-0.25, -0.2) is 4.39 Å². The van der Waals surface area contributed by atoms with Crippen LogP contribution in [0.15, 0.2) is 36.4 Å². The molecule has 0 bridgehead atoms. The van der Waals surface area contributed by atoms with Crippen molar-refractivity contribution in [2.45, 2.75) is 83.5 Å². The molecule has 1 heterocycles. The third kappa shape index (κ3) is 5.51. The Labute approximate surface area is 203 Å². The van der Waals surface area contributed by atoms with Gasteiger partial charge in [-0.3, -0.25) is 4.79 Å². The van der Waals surface area contributed by atoms with E-state index in [-0.39, 0.29) is 11.5 Å². The number of hydrogen-bond acceptors (Lipinski definition) is 4. The van der Waals surface area contributed by atoms with Crippen molar-refractivity contribution in [3.63, 3.8) is 0 Å². The lowest BCUT2D eigenvalue weighted by Gasteiger charge is -2.41. The van der Waals surface area contributed by atoms with E-state index >= 15 is 0 Å². The molecule has 0 radical (unpaired) electrons. The second-order valence-corrected chi connectivity index (χ2v) is 16.6. The van der Waals surface area contributed by atoms with Crippen LogP contribution in [0.4, 0.5) is 4.39 Å². The molecule has 1 fully saturated rings. The summed E-state index contributed by atoms with van der Waals surface area (Å²) in [5, 5.41) is 21.1. The van der Waals surface area contributed by atoms with Crippen molar-refractivity contribution in [3.8, 4) is 11.1 Å². The monoisotopic (exact) mass is 484 g/mol. The molecule has 184 valence electrons. The van der Waals surface area contributed by atoms with Crippen LogP contribution in [0.2, 0.25) is 18.1 Å². The number of aliphatic hydroxyl groups is 2. The van der Waals surface area contributed by atoms with E-state index in [0.717, 1.165) is 27.8 Å². The van der Waals surface area contributed by atoms with E-state index in [2.05, 4.69) is 39.9 Å². The minimum absolute atomic E-state index is 0.0219. The Balaban J connectivity index is 2.06. The number of aryl methyl sites for hydroxylation is 2. The van der Waals surface area contributed by atoms with Crippen molar-refractivity contribution in [3.05, 3.63) is 64.5 Å². The van der Waals surface area contributed by atoms with Gasteiger partial charge in [0.1, 0.15) is 11.9 Å². The Hall–Kier alpha value is -2.28. The van der Waals surface area contributed by atoms with Gasteiger partial charge in [0.15, 0.2) is 0 Å². The Morgan fingerprint density at radius 2 is 1.85 bits per heavy atom. The summed E-state index contributed by atoms with van der Waals surface area (Å²) >= 11 is 0. The molecular weight excluding hydrogens is 447 g/mol. The minimum atomic E-state index is -2.26. The predicted molar refractivity (Wildman–Crippen MR) is 138 cm³/mol. The Kier molecular flexibility index (Phi) is 7.56. The molecule has 4 nitrogen and oxygen atoms in total. The third-order valence-corrected chi connectivity index (χ3v) is 13.0. The topological polar surface area (TPSA) is 66.8 Å². The number of carbonyl (C=O) groups is 1. The number of carbonyl (C=O) groups excluding carboxylic acids is 1. The first-order valence-electron chi connectivity index (χ1n) is 11.9. The van der Waals surface area contributed by atoms with Crippen LogP contribution < -0.4 is 0 Å². The first kappa shape index (κ1) is 26.3. The number of esters is 1. The van der Waals surface area contributed by atoms with E-state index in [1.54, 1.807) is 18.2 Å². The van der Waals surface area contributed by atoms with Crippen LogP contribution in [-0.4, -0.2) is 36.5 Å². The van der Waals surface area contributed by atoms with Gasteiger partial charge in [-0.1, -0.05) is 63.7 Å². The highest BCUT2D eigenvalue weighted by Gasteiger charge is 2.43. The normalized spacial score (nSPS) is 20.5. The summed E-state index contributed by atoms with van der Waals surface area (Å²) in [4.78, 5) is 11.7. The fraction of sp³-hybridized carbons (Fsp3) is 0.464. The molecule has 1 saturated heterocycles. The predicted octanol–water partition coefficient (Wildman–Crippen LogP) is 6.27. The zero-order chi connectivity index (χ0) is 25.4. The van der Waals surface area contributed by atoms with Crippen LogP contribution in [0.3, 0.4) is 0 Å². The fourth-order valence-electron chi connectivity index (χ4n) is 4.29. The molecule has 1 aliphatic heterocycles. The molecule has 3 unspecified atom stereocenters. The first-order valence-corrected chi connectivity index (χ1v) is 14.9. The molecular formula is C28H37FO4Si. The Morgan fingerprint density at radius 1 is 1.18 bits per heavy atom. The number of aliphatic hydroxyl groups excluding tert-OH is 2. The molecule has 0 saturated carbocycles. The van der Waals surface area contributed by atoms with Crippen LogP contribution >= 0.6 is 0 Å². The molecule has 2 aromatic rings. The SMILES string of the molecule is Cc1cc(C)c(/C=C/C2CC(O)CC(=O)O2)c(-c2ccc(F)c(C(O)[Si](C)(C)C(C)(C)C)c2)c1. The van der Waals surface area contributed by atoms with Crippen LogP contribution in [0.25, 0.3) is 17.2 Å². The highest BCUT2D eigenvalue weighted by Crippen LogP contribution is 2.45. The molecule has 0 aromatic heterocycles. The highest BCUT2D eigenvalue weighted by atomic mass is 28.3. The average molecular weight is 485 g/mol. The third-order valence-electron chi connectivity index (χ3n) is 7.42. The van der Waals surface area contributed by atoms with Crippen molar-refractivity contribution in [2.75, 3.05) is 0 Å². The standard InChI is InChI=1S/C28H37FO4Si/c1-17-12-18(2)22(10-9-21-15-20(30)16-26(31)33-21)23(13-17)19-8-11-25(29)24(14-19)27(32)34(6,7)28(3,4)5/h8-14,20-21,27,30,32H,15-16H2,1-7H3/b10-9+. The molecule has 0 aliphatic carbocycles. The maximum atomic E-state index is 15.0. The van der Waals surface area contributed by atoms with Gasteiger partial charge in [0.05, 0.1) is 26.3 Å². The molecule has 6 heteroatoms. The zero-order valence-electron chi connectivity index (χ0n) is 21.3. The van der Waals surface area contributed by atoms with Gasteiger partial charge >= 0.3 is 5.97 Å². The van der Waals surface area contributed by atoms with Crippen molar-refractivity contribution in [2.24, 2.45) is 0 Å². The van der Waals surface area contributed by atoms with Gasteiger partial charge in [0.2, 0.25) is 0 Å². The van der Waals surface area contributed by atoms with Gasteiger partial charge in [-0.05, 0) is 59.3 Å². The molecule has 3 rings (SSSR count). The summed E-state index contributed by atoms with van der Waals surface area (Å²) in [6.07, 6.45) is 2.90. The second kappa shape index (κ2) is 9.76. The molecule has 2 aromatic carbocycles. The van der Waals surface area contributed by atoms with E-state index in [9.17, 15) is 19.4 Å². The van der Waals surface area contributed by atoms with Gasteiger partial charge in [0, 0.05) is 12.0 Å². The van der Waals surface area contributed by atoms with Crippen LogP contribution in [-0.2, 0) is 9.53 Å². The number of hydrogen-bond donors (Lipinski definition) is 2. The number of cyclic esters (lactones) is 1. The van der Waals surface area contributed by atoms with E-state index in [0.29, 0.717) is 12.0 Å². The summed E-state index contributed by atoms with van der Waals surface area (Å²) in [5.41, 5.74) is 4.26. The van der Waals surface area contributed by atoms with Gasteiger partial charge < -0.3 is 14.9 Å². The number of ether oxygens (including phenoxy) is 1. The van der Waals surface area contributed by atoms with Gasteiger partial charge in [-0.2, -0.15) is 0 Å². The number of benzene rings is 2. The van der Waals surface area contributed by atoms with Crippen molar-refractivity contribution >= 4 is 20.1 Å². The molecule has 0 spiro atoms. The quantitative estimate of drug-likeness (QED) is 0.388. The molecule has 2 N–H and O–H groups in total. The first-order chi connectivity index (χ1) is 15.7. The van der Waals surface area contributed by atoms with Crippen molar-refractivity contribution in [1.29, 1.82) is 0 Å². The second-order valence-electron chi connectivity index (χ2n) is 11.1. The van der Waals surface area contributed by atoms with E-state index < -0.39 is 37.8 Å². The van der Waals surface area contributed by atoms with Gasteiger partial charge in [-0.15, -0.1) is 0 Å². The molecule has 1 aliphatic rings. The zero-order valence-corrected chi connectivity index (χ0v) is 22.3. The van der Waals surface area contributed by atoms with Crippen molar-refractivity contribution < 1.29 is 24.1 Å². The largest absolute Gasteiger partial charge is 0.458 e. The van der Waals surface area contributed by atoms with Gasteiger partial charge in [0.25, 0.3) is 0 Å². The van der Waals surface area contributed by atoms with E-state index in [1.807, 2.05) is 26.0 Å². The number of rotatable bonds is 5. The summed E-state index contributed by atoms with van der Waals surface area (Å²) < 4.78 is 20.3. The van der Waals surface area contributed by atoms with Crippen LogP contribution in [0.5, 0.6) is 0 Å². The lowest BCUT2D eigenvalue weighted by Crippen LogP contribution is -2.44. The highest BCUT2D eigenvalue weighted by molar-refractivity contribution is 6.81. The summed E-state index contributed by atoms with van der Waals surface area (Å²) in [7, 11) is -2.26. The minimum Gasteiger partial charge on any atom is -0.458 e. The van der Waals surface area contributed by atoms with Crippen LogP contribution in [0.1, 0.15) is 61.6 Å². The molecule has 3 atom stereocenters. The molecule has 0 amide bonds. The Morgan fingerprint density at radius 3 is 2.47 bits per heavy atom. The number of halogens is 1. The maximum Gasteiger partial charge on any atom is 0.309 e. The van der Waals surface area contributed by atoms with Crippen LogP contribution in [0, 0.1) is 19.7 Å². The van der Waals surface area contributed by atoms with E-state index in [1.165, 1.54) is 6.07 Å². The lowest BCUT2D eigenvalue weighted by atomic mass is 9.92. The maximum absolute atomic E-state index is 15.0. The van der Waals surface area contributed by atoms with E-state index in [4.69, 9.17) is 4.74 Å². The summed E-state index contributed by atoms with van der Waals surface area (Å²) in [6.45, 7) is 14.5. The van der Waals surface area contributed by atoms with Crippen molar-refractivity contribution in [1.82, 2.24) is 0 Å². The lowest BCUT2D eigenvalue weighted by molar-refractivity contribution is -0.156. The smallest absolute Gasteiger partial charge is 0.309 e. The summed E-state index contributed by atoms with van der Waals surface area (Å²) in [5.74, 6) is -0.803. The molecule has 34 heavy (non-hydrogen) atoms. The average Bonchev–Trinajstić information content (AvgIpc) is 2.71.